The minimum absolute atomic E-state index is 0.0331. The molecule has 112 valence electrons. The average molecular weight is 427 g/mol. The van der Waals surface area contributed by atoms with Gasteiger partial charge in [0.25, 0.3) is 0 Å². The first kappa shape index (κ1) is 17.3. The lowest BCUT2D eigenvalue weighted by molar-refractivity contribution is -0.386. The quantitative estimate of drug-likeness (QED) is 0.519. The molecular weight excluding hydrogens is 420 g/mol. The van der Waals surface area contributed by atoms with Crippen molar-refractivity contribution in [2.24, 2.45) is 0 Å². The lowest BCUT2D eigenvalue weighted by Gasteiger charge is -1.97. The van der Waals surface area contributed by atoms with Crippen LogP contribution in [0.2, 0.25) is 0 Å². The molecule has 21 heavy (non-hydrogen) atoms. The number of nitro benzene ring substituents is 1. The normalized spacial score (nSPS) is 9.71. The first-order chi connectivity index (χ1) is 9.72. The zero-order valence-corrected chi connectivity index (χ0v) is 13.2. The van der Waals surface area contributed by atoms with Crippen LogP contribution < -0.4 is 0 Å². The second-order valence-corrected chi connectivity index (χ2v) is 5.32. The summed E-state index contributed by atoms with van der Waals surface area (Å²) in [5, 5.41) is 28.1. The molecule has 9 heteroatoms. The SMILES string of the molecule is O=[N+]([O-])c1cc(F)cc(Br)c1O.Oc1ccc(F)cc1Br. The Hall–Kier alpha value is -1.74. The molecule has 0 aliphatic heterocycles. The first-order valence-corrected chi connectivity index (χ1v) is 6.77. The van der Waals surface area contributed by atoms with Crippen LogP contribution in [0.4, 0.5) is 14.5 Å². The lowest BCUT2D eigenvalue weighted by Crippen LogP contribution is -1.90. The van der Waals surface area contributed by atoms with E-state index in [1.165, 1.54) is 18.2 Å². The molecule has 0 spiro atoms. The van der Waals surface area contributed by atoms with Crippen molar-refractivity contribution in [1.29, 1.82) is 0 Å². The molecule has 0 radical (unpaired) electrons. The average Bonchev–Trinajstić information content (AvgIpc) is 2.39. The van der Waals surface area contributed by atoms with E-state index in [1.807, 2.05) is 0 Å². The van der Waals surface area contributed by atoms with Crippen molar-refractivity contribution in [3.05, 3.63) is 61.0 Å². The summed E-state index contributed by atoms with van der Waals surface area (Å²) in [7, 11) is 0. The monoisotopic (exact) mass is 425 g/mol. The summed E-state index contributed by atoms with van der Waals surface area (Å²) in [5.41, 5.74) is -0.651. The molecule has 2 N–H and O–H groups in total. The van der Waals surface area contributed by atoms with Crippen LogP contribution >= 0.6 is 31.9 Å². The molecule has 0 aliphatic rings. The fourth-order valence-corrected chi connectivity index (χ4v) is 1.95. The highest BCUT2D eigenvalue weighted by atomic mass is 79.9. The number of benzene rings is 2. The molecule has 2 aromatic rings. The Balaban J connectivity index is 0.000000219. The van der Waals surface area contributed by atoms with Crippen LogP contribution in [0.1, 0.15) is 0 Å². The van der Waals surface area contributed by atoms with Gasteiger partial charge in [-0.3, -0.25) is 10.1 Å². The topological polar surface area (TPSA) is 83.6 Å². The largest absolute Gasteiger partial charge is 0.507 e. The summed E-state index contributed by atoms with van der Waals surface area (Å²) in [6, 6.07) is 5.29. The number of nitrogens with zero attached hydrogens (tertiary/aromatic N) is 1. The van der Waals surface area contributed by atoms with E-state index in [4.69, 9.17) is 10.2 Å². The van der Waals surface area contributed by atoms with Crippen molar-refractivity contribution >= 4 is 37.5 Å². The number of nitro groups is 1. The molecular formula is C12H7Br2F2NO4. The van der Waals surface area contributed by atoms with Crippen LogP contribution in [0, 0.1) is 21.7 Å². The molecule has 0 atom stereocenters. The Morgan fingerprint density at radius 3 is 2.05 bits per heavy atom. The maximum absolute atomic E-state index is 12.5. The molecule has 0 heterocycles. The van der Waals surface area contributed by atoms with Gasteiger partial charge in [-0.05, 0) is 56.1 Å². The summed E-state index contributed by atoms with van der Waals surface area (Å²) in [6.07, 6.45) is 0. The maximum atomic E-state index is 12.5. The van der Waals surface area contributed by atoms with Crippen molar-refractivity contribution in [2.75, 3.05) is 0 Å². The van der Waals surface area contributed by atoms with E-state index in [2.05, 4.69) is 31.9 Å². The van der Waals surface area contributed by atoms with E-state index in [1.54, 1.807) is 0 Å². The van der Waals surface area contributed by atoms with Gasteiger partial charge in [-0.25, -0.2) is 8.78 Å². The highest BCUT2D eigenvalue weighted by Gasteiger charge is 2.17. The molecule has 5 nitrogen and oxygen atoms in total. The number of phenols is 2. The van der Waals surface area contributed by atoms with Gasteiger partial charge in [-0.1, -0.05) is 0 Å². The van der Waals surface area contributed by atoms with Gasteiger partial charge in [0, 0.05) is 0 Å². The van der Waals surface area contributed by atoms with Crippen LogP contribution in [-0.4, -0.2) is 15.1 Å². The molecule has 2 rings (SSSR count). The van der Waals surface area contributed by atoms with Crippen molar-refractivity contribution in [2.45, 2.75) is 0 Å². The Bertz CT molecular complexity index is 683. The summed E-state index contributed by atoms with van der Waals surface area (Å²) in [4.78, 5) is 9.33. The third kappa shape index (κ3) is 4.94. The second kappa shape index (κ2) is 7.32. The molecule has 0 aliphatic carbocycles. The number of aromatic hydroxyl groups is 2. The molecule has 0 saturated carbocycles. The van der Waals surface area contributed by atoms with Gasteiger partial charge >= 0.3 is 5.69 Å². The molecule has 0 saturated heterocycles. The summed E-state index contributed by atoms with van der Waals surface area (Å²) < 4.78 is 25.1. The Kier molecular flexibility index (Phi) is 6.03. The first-order valence-electron chi connectivity index (χ1n) is 5.18. The van der Waals surface area contributed by atoms with Crippen molar-refractivity contribution in [1.82, 2.24) is 0 Å². The van der Waals surface area contributed by atoms with Gasteiger partial charge < -0.3 is 10.2 Å². The molecule has 0 aromatic heterocycles. The third-order valence-electron chi connectivity index (χ3n) is 2.11. The summed E-state index contributed by atoms with van der Waals surface area (Å²) in [6.45, 7) is 0. The molecule has 0 unspecified atom stereocenters. The molecule has 0 bridgehead atoms. The standard InChI is InChI=1S/C6H3BrFNO3.C6H4BrFO/c7-4-1-3(8)2-5(6(4)10)9(11)12;7-5-3-4(8)1-2-6(5)9/h1-2,10H;1-3,9H. The predicted molar refractivity (Wildman–Crippen MR) is 78.2 cm³/mol. The smallest absolute Gasteiger partial charge is 0.314 e. The van der Waals surface area contributed by atoms with Crippen LogP contribution in [0.3, 0.4) is 0 Å². The number of hydrogen-bond acceptors (Lipinski definition) is 4. The highest BCUT2D eigenvalue weighted by Crippen LogP contribution is 2.34. The number of phenolic OH excluding ortho intramolecular Hbond substituents is 2. The lowest BCUT2D eigenvalue weighted by atomic mass is 10.3. The fourth-order valence-electron chi connectivity index (χ4n) is 1.17. The maximum Gasteiger partial charge on any atom is 0.314 e. The number of rotatable bonds is 1. The van der Waals surface area contributed by atoms with Gasteiger partial charge in [0.1, 0.15) is 17.4 Å². The third-order valence-corrected chi connectivity index (χ3v) is 3.35. The zero-order chi connectivity index (χ0) is 16.2. The molecule has 0 amide bonds. The Morgan fingerprint density at radius 1 is 1.00 bits per heavy atom. The predicted octanol–water partition coefficient (Wildman–Crippen LogP) is 4.50. The van der Waals surface area contributed by atoms with E-state index >= 15 is 0 Å². The zero-order valence-electron chi connectivity index (χ0n) is 10.1. The van der Waals surface area contributed by atoms with Gasteiger partial charge in [0.15, 0.2) is 0 Å². The molecule has 2 aromatic carbocycles. The van der Waals surface area contributed by atoms with Crippen LogP contribution in [0.25, 0.3) is 0 Å². The Morgan fingerprint density at radius 2 is 1.57 bits per heavy atom. The van der Waals surface area contributed by atoms with E-state index in [0.717, 1.165) is 6.07 Å². The van der Waals surface area contributed by atoms with E-state index in [9.17, 15) is 18.9 Å². The minimum Gasteiger partial charge on any atom is -0.507 e. The van der Waals surface area contributed by atoms with E-state index < -0.39 is 22.2 Å². The molecule has 0 fully saturated rings. The van der Waals surface area contributed by atoms with Gasteiger partial charge in [-0.2, -0.15) is 0 Å². The van der Waals surface area contributed by atoms with Crippen LogP contribution in [-0.2, 0) is 0 Å². The highest BCUT2D eigenvalue weighted by molar-refractivity contribution is 9.10. The van der Waals surface area contributed by atoms with Crippen molar-refractivity contribution in [3.8, 4) is 11.5 Å². The van der Waals surface area contributed by atoms with Crippen LogP contribution in [0.5, 0.6) is 11.5 Å². The van der Waals surface area contributed by atoms with Crippen molar-refractivity contribution in [3.63, 3.8) is 0 Å². The van der Waals surface area contributed by atoms with E-state index in [0.29, 0.717) is 10.5 Å². The summed E-state index contributed by atoms with van der Waals surface area (Å²) in [5.74, 6) is -1.65. The fraction of sp³-hybridized carbons (Fsp3) is 0. The number of halogens is 4. The number of hydrogen-bond donors (Lipinski definition) is 2. The van der Waals surface area contributed by atoms with E-state index in [-0.39, 0.29) is 16.0 Å². The summed E-state index contributed by atoms with van der Waals surface area (Å²) >= 11 is 5.73. The van der Waals surface area contributed by atoms with Gasteiger partial charge in [0.2, 0.25) is 5.75 Å². The minimum atomic E-state index is -0.858. The van der Waals surface area contributed by atoms with Crippen LogP contribution in [0.15, 0.2) is 39.3 Å². The van der Waals surface area contributed by atoms with Gasteiger partial charge in [0.05, 0.1) is 19.9 Å². The van der Waals surface area contributed by atoms with Gasteiger partial charge in [-0.15, -0.1) is 0 Å². The van der Waals surface area contributed by atoms with Crippen molar-refractivity contribution < 1.29 is 23.9 Å². The second-order valence-electron chi connectivity index (χ2n) is 3.61. The Labute approximate surface area is 134 Å².